The van der Waals surface area contributed by atoms with Gasteiger partial charge in [0.05, 0.1) is 0 Å². The molecule has 0 radical (unpaired) electrons. The minimum atomic E-state index is -0.297. The van der Waals surface area contributed by atoms with Gasteiger partial charge in [-0.2, -0.15) is 4.52 Å². The molecule has 2 amide bonds. The lowest BCUT2D eigenvalue weighted by Gasteiger charge is -2.34. The Labute approximate surface area is 185 Å². The number of carbonyl (C=O) groups excluding carboxylic acids is 1. The van der Waals surface area contributed by atoms with Crippen LogP contribution in [0.4, 0.5) is 20.1 Å². The fourth-order valence-electron chi connectivity index (χ4n) is 3.53. The number of imidazole rings is 1. The van der Waals surface area contributed by atoms with Crippen molar-refractivity contribution < 1.29 is 9.18 Å². The van der Waals surface area contributed by atoms with Gasteiger partial charge in [0.2, 0.25) is 10.1 Å². The Balaban J connectivity index is 1.63. The first-order valence-corrected chi connectivity index (χ1v) is 11.3. The number of carbonyl (C=O) groups is 1. The molecule has 2 N–H and O–H groups in total. The van der Waals surface area contributed by atoms with Gasteiger partial charge in [-0.15, -0.1) is 5.10 Å². The third kappa shape index (κ3) is 4.58. The van der Waals surface area contributed by atoms with Gasteiger partial charge in [-0.05, 0) is 39.8 Å². The topological polar surface area (TPSA) is 77.8 Å². The molecule has 0 bridgehead atoms. The molecule has 31 heavy (non-hydrogen) atoms. The van der Waals surface area contributed by atoms with Crippen LogP contribution < -0.4 is 15.5 Å². The van der Waals surface area contributed by atoms with Gasteiger partial charge in [-0.25, -0.2) is 14.2 Å². The van der Waals surface area contributed by atoms with E-state index in [1.54, 1.807) is 6.07 Å². The molecule has 0 aliphatic carbocycles. The number of nitrogens with zero attached hydrogens (tertiary/aromatic N) is 5. The van der Waals surface area contributed by atoms with E-state index in [4.69, 9.17) is 10.1 Å². The van der Waals surface area contributed by atoms with Crippen molar-refractivity contribution in [3.05, 3.63) is 30.1 Å². The molecule has 1 fully saturated rings. The van der Waals surface area contributed by atoms with E-state index in [9.17, 15) is 9.18 Å². The molecule has 1 aliphatic rings. The predicted molar refractivity (Wildman–Crippen MR) is 122 cm³/mol. The maximum Gasteiger partial charge on any atom is 0.317 e. The Kier molecular flexibility index (Phi) is 5.74. The lowest BCUT2D eigenvalue weighted by atomic mass is 10.1. The number of nitrogens with one attached hydrogen (secondary N) is 2. The van der Waals surface area contributed by atoms with Crippen LogP contribution in [0, 0.1) is 5.82 Å². The van der Waals surface area contributed by atoms with Crippen molar-refractivity contribution in [1.29, 1.82) is 0 Å². The Hall–Kier alpha value is -2.88. The van der Waals surface area contributed by atoms with Gasteiger partial charge in [-0.3, -0.25) is 0 Å². The summed E-state index contributed by atoms with van der Waals surface area (Å²) < 4.78 is 15.6. The molecular formula is C21H28FN7OS. The summed E-state index contributed by atoms with van der Waals surface area (Å²) in [4.78, 5) is 21.6. The second kappa shape index (κ2) is 8.33. The van der Waals surface area contributed by atoms with Gasteiger partial charge >= 0.3 is 6.03 Å². The number of aromatic nitrogens is 3. The van der Waals surface area contributed by atoms with Crippen LogP contribution in [0.1, 0.15) is 27.7 Å². The third-order valence-corrected chi connectivity index (χ3v) is 5.92. The molecule has 1 aromatic carbocycles. The molecule has 0 spiro atoms. The fraction of sp³-hybridized carbons (Fsp3) is 0.476. The number of hydrogen-bond acceptors (Lipinski definition) is 6. The maximum absolute atomic E-state index is 13.8. The highest BCUT2D eigenvalue weighted by molar-refractivity contribution is 7.20. The smallest absolute Gasteiger partial charge is 0.317 e. The summed E-state index contributed by atoms with van der Waals surface area (Å²) in [6.07, 6.45) is 0. The molecule has 1 aliphatic heterocycles. The van der Waals surface area contributed by atoms with Crippen LogP contribution in [-0.4, -0.2) is 63.8 Å². The standard InChI is InChI=1S/C21H28FN7OS/c1-5-23-18(30)27-9-11-28(12-10-27)20-26-29-17(25-21(2,3)4)16(24-19(29)31-20)14-7-6-8-15(22)13-14/h6-8,13,25H,5,9-12H2,1-4H3,(H,23,30). The lowest BCUT2D eigenvalue weighted by molar-refractivity contribution is 0.195. The minimum Gasteiger partial charge on any atom is -0.364 e. The van der Waals surface area contributed by atoms with Crippen molar-refractivity contribution in [3.63, 3.8) is 0 Å². The van der Waals surface area contributed by atoms with Gasteiger partial charge in [0.25, 0.3) is 0 Å². The van der Waals surface area contributed by atoms with Gasteiger partial charge in [0.1, 0.15) is 11.5 Å². The van der Waals surface area contributed by atoms with Gasteiger partial charge in [-0.1, -0.05) is 23.5 Å². The number of benzene rings is 1. The average Bonchev–Trinajstić information content (AvgIpc) is 3.27. The molecule has 3 aromatic rings. The molecule has 8 nitrogen and oxygen atoms in total. The van der Waals surface area contributed by atoms with Crippen LogP contribution in [-0.2, 0) is 0 Å². The molecule has 3 heterocycles. The zero-order valence-electron chi connectivity index (χ0n) is 18.3. The number of hydrogen-bond donors (Lipinski definition) is 2. The van der Waals surface area contributed by atoms with E-state index in [1.807, 2.05) is 22.4 Å². The van der Waals surface area contributed by atoms with Gasteiger partial charge < -0.3 is 20.4 Å². The Morgan fingerprint density at radius 1 is 1.23 bits per heavy atom. The zero-order chi connectivity index (χ0) is 22.2. The van der Waals surface area contributed by atoms with Gasteiger partial charge in [0, 0.05) is 43.8 Å². The Morgan fingerprint density at radius 3 is 2.61 bits per heavy atom. The highest BCUT2D eigenvalue weighted by atomic mass is 32.1. The van der Waals surface area contributed by atoms with Crippen LogP contribution in [0.3, 0.4) is 0 Å². The molecular weight excluding hydrogens is 417 g/mol. The van der Waals surface area contributed by atoms with Gasteiger partial charge in [0.15, 0.2) is 5.82 Å². The van der Waals surface area contributed by atoms with E-state index in [0.717, 1.165) is 15.9 Å². The zero-order valence-corrected chi connectivity index (χ0v) is 19.1. The highest BCUT2D eigenvalue weighted by Crippen LogP contribution is 2.35. The first-order valence-electron chi connectivity index (χ1n) is 10.5. The third-order valence-electron chi connectivity index (χ3n) is 4.95. The monoisotopic (exact) mass is 445 g/mol. The molecule has 4 rings (SSSR count). The largest absolute Gasteiger partial charge is 0.364 e. The molecule has 166 valence electrons. The quantitative estimate of drug-likeness (QED) is 0.641. The number of amides is 2. The fourth-order valence-corrected chi connectivity index (χ4v) is 4.49. The summed E-state index contributed by atoms with van der Waals surface area (Å²) in [5, 5.41) is 12.0. The Morgan fingerprint density at radius 2 is 1.97 bits per heavy atom. The van der Waals surface area contributed by atoms with E-state index in [0.29, 0.717) is 44.0 Å². The van der Waals surface area contributed by atoms with Crippen LogP contribution in [0.25, 0.3) is 16.2 Å². The normalized spacial score (nSPS) is 14.9. The van der Waals surface area contributed by atoms with Crippen molar-refractivity contribution in [2.24, 2.45) is 0 Å². The number of urea groups is 1. The van der Waals surface area contributed by atoms with E-state index in [-0.39, 0.29) is 17.4 Å². The van der Waals surface area contributed by atoms with Crippen LogP contribution in [0.2, 0.25) is 0 Å². The second-order valence-corrected chi connectivity index (χ2v) is 9.52. The van der Waals surface area contributed by atoms with Crippen molar-refractivity contribution in [3.8, 4) is 11.3 Å². The van der Waals surface area contributed by atoms with E-state index in [1.165, 1.54) is 23.5 Å². The number of halogens is 1. The predicted octanol–water partition coefficient (Wildman–Crippen LogP) is 3.66. The summed E-state index contributed by atoms with van der Waals surface area (Å²) >= 11 is 1.50. The number of fused-ring (bicyclic) bond motifs is 1. The molecule has 1 saturated heterocycles. The number of piperazine rings is 1. The molecule has 2 aromatic heterocycles. The van der Waals surface area contributed by atoms with Crippen LogP contribution in [0.15, 0.2) is 24.3 Å². The second-order valence-electron chi connectivity index (χ2n) is 8.58. The highest BCUT2D eigenvalue weighted by Gasteiger charge is 2.26. The maximum atomic E-state index is 13.8. The van der Waals surface area contributed by atoms with E-state index < -0.39 is 0 Å². The molecule has 0 atom stereocenters. The summed E-state index contributed by atoms with van der Waals surface area (Å²) in [7, 11) is 0. The lowest BCUT2D eigenvalue weighted by Crippen LogP contribution is -2.51. The summed E-state index contributed by atoms with van der Waals surface area (Å²) in [5.74, 6) is 0.450. The minimum absolute atomic E-state index is 0.0208. The van der Waals surface area contributed by atoms with Crippen molar-refractivity contribution in [2.75, 3.05) is 42.9 Å². The molecule has 0 saturated carbocycles. The number of anilines is 2. The molecule has 10 heteroatoms. The van der Waals surface area contributed by atoms with Crippen molar-refractivity contribution in [2.45, 2.75) is 33.2 Å². The first-order chi connectivity index (χ1) is 14.7. The van der Waals surface area contributed by atoms with Crippen LogP contribution >= 0.6 is 11.3 Å². The summed E-state index contributed by atoms with van der Waals surface area (Å²) in [6.45, 7) is 11.5. The summed E-state index contributed by atoms with van der Waals surface area (Å²) in [6, 6.07) is 6.43. The Bertz CT molecular complexity index is 1080. The summed E-state index contributed by atoms with van der Waals surface area (Å²) in [5.41, 5.74) is 1.17. The SMILES string of the molecule is CCNC(=O)N1CCN(c2nn3c(NC(C)(C)C)c(-c4cccc(F)c4)nc3s2)CC1. The van der Waals surface area contributed by atoms with Crippen molar-refractivity contribution in [1.82, 2.24) is 24.8 Å². The molecule has 0 unspecified atom stereocenters. The average molecular weight is 446 g/mol. The first kappa shape index (κ1) is 21.4. The van der Waals surface area contributed by atoms with Crippen molar-refractivity contribution >= 4 is 33.3 Å². The van der Waals surface area contributed by atoms with Crippen LogP contribution in [0.5, 0.6) is 0 Å². The van der Waals surface area contributed by atoms with E-state index in [2.05, 4.69) is 36.3 Å². The number of rotatable bonds is 4. The van der Waals surface area contributed by atoms with E-state index >= 15 is 0 Å².